The molecule has 1 heterocycles. The van der Waals surface area contributed by atoms with Crippen molar-refractivity contribution in [2.45, 2.75) is 6.54 Å². The van der Waals surface area contributed by atoms with E-state index in [4.69, 9.17) is 4.98 Å². The van der Waals surface area contributed by atoms with Gasteiger partial charge in [-0.1, -0.05) is 54.6 Å². The lowest BCUT2D eigenvalue weighted by Crippen LogP contribution is -2.09. The normalized spacial score (nSPS) is 10.8. The van der Waals surface area contributed by atoms with Gasteiger partial charge in [-0.15, -0.1) is 6.58 Å². The number of hydrogen-bond acceptors (Lipinski definition) is 2. The molecular weight excluding hydrogens is 378 g/mol. The van der Waals surface area contributed by atoms with E-state index in [9.17, 15) is 0 Å². The average Bonchev–Trinajstić information content (AvgIpc) is 3.20. The predicted molar refractivity (Wildman–Crippen MR) is 130 cm³/mol. The second-order valence-corrected chi connectivity index (χ2v) is 7.38. The molecule has 0 amide bonds. The van der Waals surface area contributed by atoms with Crippen molar-refractivity contribution in [1.82, 2.24) is 9.55 Å². The molecular formula is C28H23N3. The van der Waals surface area contributed by atoms with Gasteiger partial charge >= 0.3 is 0 Å². The Morgan fingerprint density at radius 3 is 1.84 bits per heavy atom. The smallest absolute Gasteiger partial charge is 0.141 e. The zero-order valence-corrected chi connectivity index (χ0v) is 17.2. The first-order valence-corrected chi connectivity index (χ1v) is 10.4. The van der Waals surface area contributed by atoms with Crippen LogP contribution in [0.15, 0.2) is 122 Å². The molecule has 31 heavy (non-hydrogen) atoms. The van der Waals surface area contributed by atoms with Crippen LogP contribution in [0.25, 0.3) is 22.4 Å². The summed E-state index contributed by atoms with van der Waals surface area (Å²) in [5.41, 5.74) is 6.56. The summed E-state index contributed by atoms with van der Waals surface area (Å²) in [7, 11) is 0. The third-order valence-corrected chi connectivity index (χ3v) is 5.38. The molecule has 0 aliphatic rings. The lowest BCUT2D eigenvalue weighted by atomic mass is 10.1. The van der Waals surface area contributed by atoms with E-state index >= 15 is 0 Å². The van der Waals surface area contributed by atoms with Crippen molar-refractivity contribution in [3.63, 3.8) is 0 Å². The number of fused-ring (bicyclic) bond motifs is 1. The number of imidazole rings is 1. The Bertz CT molecular complexity index is 1260. The van der Waals surface area contributed by atoms with E-state index in [1.54, 1.807) is 0 Å². The summed E-state index contributed by atoms with van der Waals surface area (Å²) in [4.78, 5) is 7.15. The van der Waals surface area contributed by atoms with Crippen molar-refractivity contribution < 1.29 is 0 Å². The minimum Gasteiger partial charge on any atom is -0.320 e. The summed E-state index contributed by atoms with van der Waals surface area (Å²) in [6.45, 7) is 4.65. The summed E-state index contributed by atoms with van der Waals surface area (Å²) in [5, 5.41) is 0. The summed E-state index contributed by atoms with van der Waals surface area (Å²) in [5.74, 6) is 0.957. The lowest BCUT2D eigenvalue weighted by molar-refractivity contribution is 0.862. The molecule has 0 aliphatic carbocycles. The lowest BCUT2D eigenvalue weighted by Gasteiger charge is -2.25. The van der Waals surface area contributed by atoms with E-state index in [1.165, 1.54) is 0 Å². The maximum Gasteiger partial charge on any atom is 0.141 e. The molecule has 5 aromatic rings. The Morgan fingerprint density at radius 1 is 0.677 bits per heavy atom. The first kappa shape index (κ1) is 18.9. The zero-order valence-electron chi connectivity index (χ0n) is 17.2. The molecule has 0 atom stereocenters. The van der Waals surface area contributed by atoms with Crippen LogP contribution in [0, 0.1) is 0 Å². The van der Waals surface area contributed by atoms with Crippen molar-refractivity contribution in [2.24, 2.45) is 0 Å². The molecule has 0 radical (unpaired) electrons. The Kier molecular flexibility index (Phi) is 5.07. The number of hydrogen-bond donors (Lipinski definition) is 0. The highest BCUT2D eigenvalue weighted by molar-refractivity contribution is 5.82. The number of allylic oxidation sites excluding steroid dienone is 1. The van der Waals surface area contributed by atoms with Crippen LogP contribution in [0.2, 0.25) is 0 Å². The van der Waals surface area contributed by atoms with Crippen LogP contribution in [-0.2, 0) is 6.54 Å². The fourth-order valence-corrected chi connectivity index (χ4v) is 3.97. The molecule has 3 heteroatoms. The Labute approximate surface area is 182 Å². The van der Waals surface area contributed by atoms with Crippen LogP contribution in [0.3, 0.4) is 0 Å². The van der Waals surface area contributed by atoms with Gasteiger partial charge in [0.2, 0.25) is 0 Å². The van der Waals surface area contributed by atoms with Crippen molar-refractivity contribution in [1.29, 1.82) is 0 Å². The minimum absolute atomic E-state index is 0.720. The summed E-state index contributed by atoms with van der Waals surface area (Å²) < 4.78 is 2.21. The third-order valence-electron chi connectivity index (χ3n) is 5.38. The molecule has 0 saturated carbocycles. The Hall–Kier alpha value is -4.11. The topological polar surface area (TPSA) is 21.1 Å². The van der Waals surface area contributed by atoms with Crippen LogP contribution in [0.1, 0.15) is 0 Å². The summed E-state index contributed by atoms with van der Waals surface area (Å²) in [6, 6.07) is 37.7. The number of para-hydroxylation sites is 4. The fraction of sp³-hybridized carbons (Fsp3) is 0.0357. The minimum atomic E-state index is 0.720. The molecule has 0 saturated heterocycles. The van der Waals surface area contributed by atoms with Crippen molar-refractivity contribution in [3.05, 3.63) is 122 Å². The zero-order chi connectivity index (χ0) is 21.0. The van der Waals surface area contributed by atoms with Gasteiger partial charge in [-0.2, -0.15) is 0 Å². The van der Waals surface area contributed by atoms with Crippen LogP contribution < -0.4 is 4.90 Å². The molecule has 0 bridgehead atoms. The van der Waals surface area contributed by atoms with E-state index in [0.29, 0.717) is 0 Å². The van der Waals surface area contributed by atoms with Gasteiger partial charge in [0, 0.05) is 29.2 Å². The number of anilines is 3. The average molecular weight is 402 g/mol. The van der Waals surface area contributed by atoms with E-state index in [-0.39, 0.29) is 0 Å². The van der Waals surface area contributed by atoms with Gasteiger partial charge in [0.25, 0.3) is 0 Å². The SMILES string of the molecule is C=CCn1c(-c2ccc(N(c3ccccc3)c3ccccc3)cc2)nc2ccccc21. The van der Waals surface area contributed by atoms with E-state index in [0.717, 1.165) is 46.0 Å². The molecule has 0 unspecified atom stereocenters. The van der Waals surface area contributed by atoms with Crippen molar-refractivity contribution in [3.8, 4) is 11.4 Å². The van der Waals surface area contributed by atoms with Gasteiger partial charge in [0.15, 0.2) is 0 Å². The first-order chi connectivity index (χ1) is 15.3. The maximum absolute atomic E-state index is 4.89. The molecule has 0 spiro atoms. The second-order valence-electron chi connectivity index (χ2n) is 7.38. The molecule has 0 N–H and O–H groups in total. The number of benzene rings is 4. The first-order valence-electron chi connectivity index (χ1n) is 10.4. The van der Waals surface area contributed by atoms with Gasteiger partial charge in [0.1, 0.15) is 5.82 Å². The maximum atomic E-state index is 4.89. The molecule has 0 aliphatic heterocycles. The highest BCUT2D eigenvalue weighted by Gasteiger charge is 2.14. The largest absolute Gasteiger partial charge is 0.320 e. The van der Waals surface area contributed by atoms with E-state index in [2.05, 4.69) is 101 Å². The third kappa shape index (κ3) is 3.62. The molecule has 1 aromatic heterocycles. The van der Waals surface area contributed by atoms with Crippen LogP contribution in [-0.4, -0.2) is 9.55 Å². The second kappa shape index (κ2) is 8.33. The van der Waals surface area contributed by atoms with Gasteiger partial charge in [-0.25, -0.2) is 4.98 Å². The van der Waals surface area contributed by atoms with Gasteiger partial charge in [0.05, 0.1) is 11.0 Å². The standard InChI is InChI=1S/C28H23N3/c1-2-21-30-27-16-10-9-15-26(27)29-28(30)22-17-19-25(20-18-22)31(23-11-5-3-6-12-23)24-13-7-4-8-14-24/h2-20H,1,21H2. The molecule has 4 aromatic carbocycles. The van der Waals surface area contributed by atoms with Gasteiger partial charge < -0.3 is 9.47 Å². The van der Waals surface area contributed by atoms with E-state index in [1.807, 2.05) is 30.3 Å². The Balaban J connectivity index is 1.59. The van der Waals surface area contributed by atoms with Gasteiger partial charge in [-0.05, 0) is 60.7 Å². The van der Waals surface area contributed by atoms with Crippen molar-refractivity contribution in [2.75, 3.05) is 4.90 Å². The summed E-state index contributed by atoms with van der Waals surface area (Å²) in [6.07, 6.45) is 1.92. The molecule has 5 rings (SSSR count). The quantitative estimate of drug-likeness (QED) is 0.277. The summed E-state index contributed by atoms with van der Waals surface area (Å²) >= 11 is 0. The highest BCUT2D eigenvalue weighted by atomic mass is 15.1. The number of aromatic nitrogens is 2. The fourth-order valence-electron chi connectivity index (χ4n) is 3.97. The highest BCUT2D eigenvalue weighted by Crippen LogP contribution is 2.35. The number of nitrogens with zero attached hydrogens (tertiary/aromatic N) is 3. The Morgan fingerprint density at radius 2 is 1.23 bits per heavy atom. The van der Waals surface area contributed by atoms with Gasteiger partial charge in [-0.3, -0.25) is 0 Å². The molecule has 0 fully saturated rings. The predicted octanol–water partition coefficient (Wildman–Crippen LogP) is 7.36. The van der Waals surface area contributed by atoms with Crippen LogP contribution in [0.5, 0.6) is 0 Å². The number of rotatable bonds is 6. The van der Waals surface area contributed by atoms with Crippen molar-refractivity contribution >= 4 is 28.1 Å². The monoisotopic (exact) mass is 401 g/mol. The molecule has 3 nitrogen and oxygen atoms in total. The molecule has 150 valence electrons. The van der Waals surface area contributed by atoms with Crippen LogP contribution >= 0.6 is 0 Å². The van der Waals surface area contributed by atoms with Crippen LogP contribution in [0.4, 0.5) is 17.1 Å². The van der Waals surface area contributed by atoms with E-state index < -0.39 is 0 Å².